The molecule has 1 N–H and O–H groups in total. The summed E-state index contributed by atoms with van der Waals surface area (Å²) < 4.78 is 0. The van der Waals surface area contributed by atoms with E-state index >= 15 is 0 Å². The van der Waals surface area contributed by atoms with Gasteiger partial charge in [-0.3, -0.25) is 0 Å². The van der Waals surface area contributed by atoms with Crippen LogP contribution in [0, 0.1) is 17.8 Å². The van der Waals surface area contributed by atoms with Gasteiger partial charge in [-0.1, -0.05) is 19.8 Å². The Morgan fingerprint density at radius 3 is 2.31 bits per heavy atom. The van der Waals surface area contributed by atoms with Gasteiger partial charge in [-0.2, -0.15) is 0 Å². The van der Waals surface area contributed by atoms with Crippen LogP contribution in [0.4, 0.5) is 0 Å². The van der Waals surface area contributed by atoms with Gasteiger partial charge < -0.3 is 10.2 Å². The van der Waals surface area contributed by atoms with E-state index in [0.29, 0.717) is 0 Å². The maximum Gasteiger partial charge on any atom is 0.00192 e. The lowest BCUT2D eigenvalue weighted by Gasteiger charge is -2.26. The summed E-state index contributed by atoms with van der Waals surface area (Å²) in [6.07, 6.45) is 7.22. The average molecular weight is 224 g/mol. The molecule has 0 amide bonds. The summed E-state index contributed by atoms with van der Waals surface area (Å²) in [4.78, 5) is 2.45. The van der Waals surface area contributed by atoms with E-state index in [1.807, 2.05) is 0 Å². The molecule has 16 heavy (non-hydrogen) atoms. The topological polar surface area (TPSA) is 15.3 Å². The summed E-state index contributed by atoms with van der Waals surface area (Å²) >= 11 is 0. The van der Waals surface area contributed by atoms with Crippen molar-refractivity contribution in [2.45, 2.75) is 39.0 Å². The third kappa shape index (κ3) is 3.74. The Bertz CT molecular complexity index is 197. The van der Waals surface area contributed by atoms with Crippen LogP contribution in [0.15, 0.2) is 0 Å². The van der Waals surface area contributed by atoms with Crippen molar-refractivity contribution in [3.63, 3.8) is 0 Å². The third-order valence-corrected chi connectivity index (χ3v) is 4.49. The van der Waals surface area contributed by atoms with E-state index in [2.05, 4.69) is 24.2 Å². The molecule has 2 heteroatoms. The Kier molecular flexibility index (Phi) is 4.66. The molecule has 1 saturated heterocycles. The zero-order chi connectivity index (χ0) is 11.4. The van der Waals surface area contributed by atoms with E-state index < -0.39 is 0 Å². The van der Waals surface area contributed by atoms with Gasteiger partial charge in [0.05, 0.1) is 0 Å². The van der Waals surface area contributed by atoms with Gasteiger partial charge in [0.15, 0.2) is 0 Å². The van der Waals surface area contributed by atoms with Crippen molar-refractivity contribution in [2.75, 3.05) is 33.2 Å². The molecule has 0 aromatic rings. The zero-order valence-corrected chi connectivity index (χ0v) is 11.0. The SMILES string of the molecule is CC1CCC(CNCC2CCN(C)C2)CC1. The highest BCUT2D eigenvalue weighted by Crippen LogP contribution is 2.27. The number of nitrogens with one attached hydrogen (secondary N) is 1. The first kappa shape index (κ1) is 12.4. The van der Waals surface area contributed by atoms with Gasteiger partial charge in [0.1, 0.15) is 0 Å². The average Bonchev–Trinajstić information content (AvgIpc) is 2.67. The van der Waals surface area contributed by atoms with E-state index in [1.54, 1.807) is 0 Å². The maximum absolute atomic E-state index is 3.71. The molecule has 2 aliphatic rings. The Morgan fingerprint density at radius 2 is 1.69 bits per heavy atom. The van der Waals surface area contributed by atoms with Crippen LogP contribution in [0.3, 0.4) is 0 Å². The quantitative estimate of drug-likeness (QED) is 0.788. The normalized spacial score (nSPS) is 36.8. The van der Waals surface area contributed by atoms with Crippen LogP contribution in [0.5, 0.6) is 0 Å². The van der Waals surface area contributed by atoms with Gasteiger partial charge >= 0.3 is 0 Å². The molecule has 1 aliphatic carbocycles. The van der Waals surface area contributed by atoms with Crippen molar-refractivity contribution < 1.29 is 0 Å². The second-order valence-corrected chi connectivity index (χ2v) is 6.20. The molecule has 2 rings (SSSR count). The van der Waals surface area contributed by atoms with Crippen LogP contribution < -0.4 is 5.32 Å². The van der Waals surface area contributed by atoms with Crippen molar-refractivity contribution in [3.8, 4) is 0 Å². The van der Waals surface area contributed by atoms with E-state index in [4.69, 9.17) is 0 Å². The van der Waals surface area contributed by atoms with Crippen LogP contribution in [-0.2, 0) is 0 Å². The summed E-state index contributed by atoms with van der Waals surface area (Å²) in [6, 6.07) is 0. The molecule has 0 aromatic heterocycles. The number of hydrogen-bond acceptors (Lipinski definition) is 2. The Morgan fingerprint density at radius 1 is 1.00 bits per heavy atom. The van der Waals surface area contributed by atoms with Gasteiger partial charge in [0.25, 0.3) is 0 Å². The second-order valence-electron chi connectivity index (χ2n) is 6.20. The predicted octanol–water partition coefficient (Wildman–Crippen LogP) is 2.35. The molecule has 0 aromatic carbocycles. The molecular weight excluding hydrogens is 196 g/mol. The first-order chi connectivity index (χ1) is 7.74. The van der Waals surface area contributed by atoms with Gasteiger partial charge in [-0.15, -0.1) is 0 Å². The highest BCUT2D eigenvalue weighted by Gasteiger charge is 2.21. The lowest BCUT2D eigenvalue weighted by Crippen LogP contribution is -2.31. The van der Waals surface area contributed by atoms with Crippen LogP contribution in [0.1, 0.15) is 39.0 Å². The second kappa shape index (κ2) is 6.02. The molecule has 94 valence electrons. The monoisotopic (exact) mass is 224 g/mol. The molecule has 0 spiro atoms. The number of rotatable bonds is 4. The molecule has 1 atom stereocenters. The highest BCUT2D eigenvalue weighted by molar-refractivity contribution is 4.76. The van der Waals surface area contributed by atoms with Gasteiger partial charge in [-0.05, 0) is 63.7 Å². The van der Waals surface area contributed by atoms with Crippen LogP contribution in [-0.4, -0.2) is 38.1 Å². The van der Waals surface area contributed by atoms with Crippen LogP contribution >= 0.6 is 0 Å². The third-order valence-electron chi connectivity index (χ3n) is 4.49. The minimum Gasteiger partial charge on any atom is -0.316 e. The summed E-state index contributed by atoms with van der Waals surface area (Å²) in [7, 11) is 2.24. The highest BCUT2D eigenvalue weighted by atomic mass is 15.1. The lowest BCUT2D eigenvalue weighted by molar-refractivity contribution is 0.277. The molecule has 1 saturated carbocycles. The molecule has 1 unspecified atom stereocenters. The fourth-order valence-electron chi connectivity index (χ4n) is 3.22. The van der Waals surface area contributed by atoms with E-state index in [9.17, 15) is 0 Å². The minimum absolute atomic E-state index is 0.910. The lowest BCUT2D eigenvalue weighted by atomic mass is 9.83. The van der Waals surface area contributed by atoms with Crippen molar-refractivity contribution >= 4 is 0 Å². The molecule has 2 nitrogen and oxygen atoms in total. The van der Waals surface area contributed by atoms with Crippen LogP contribution in [0.25, 0.3) is 0 Å². The number of likely N-dealkylation sites (tertiary alicyclic amines) is 1. The van der Waals surface area contributed by atoms with Crippen molar-refractivity contribution in [2.24, 2.45) is 17.8 Å². The molecule has 2 fully saturated rings. The van der Waals surface area contributed by atoms with Gasteiger partial charge in [0.2, 0.25) is 0 Å². The van der Waals surface area contributed by atoms with E-state index in [0.717, 1.165) is 17.8 Å². The molecule has 1 aliphatic heterocycles. The first-order valence-corrected chi connectivity index (χ1v) is 7.13. The van der Waals surface area contributed by atoms with Crippen LogP contribution in [0.2, 0.25) is 0 Å². The summed E-state index contributed by atoms with van der Waals surface area (Å²) in [5.41, 5.74) is 0. The number of hydrogen-bond donors (Lipinski definition) is 1. The summed E-state index contributed by atoms with van der Waals surface area (Å²) in [6.45, 7) is 7.52. The van der Waals surface area contributed by atoms with Gasteiger partial charge in [0, 0.05) is 6.54 Å². The first-order valence-electron chi connectivity index (χ1n) is 7.13. The van der Waals surface area contributed by atoms with Crippen molar-refractivity contribution in [1.29, 1.82) is 0 Å². The smallest absolute Gasteiger partial charge is 0.00192 e. The molecule has 1 heterocycles. The van der Waals surface area contributed by atoms with Crippen molar-refractivity contribution in [3.05, 3.63) is 0 Å². The van der Waals surface area contributed by atoms with Crippen molar-refractivity contribution in [1.82, 2.24) is 10.2 Å². The fourth-order valence-corrected chi connectivity index (χ4v) is 3.22. The standard InChI is InChI=1S/C14H28N2/c1-12-3-5-13(6-4-12)9-15-10-14-7-8-16(2)11-14/h12-15H,3-11H2,1-2H3. The number of nitrogens with zero attached hydrogens (tertiary/aromatic N) is 1. The van der Waals surface area contributed by atoms with E-state index in [-0.39, 0.29) is 0 Å². The Hall–Kier alpha value is -0.0800. The summed E-state index contributed by atoms with van der Waals surface area (Å²) in [5, 5.41) is 3.71. The fraction of sp³-hybridized carbons (Fsp3) is 1.00. The Labute approximate surface area is 101 Å². The van der Waals surface area contributed by atoms with E-state index in [1.165, 1.54) is 58.3 Å². The van der Waals surface area contributed by atoms with Gasteiger partial charge in [-0.25, -0.2) is 0 Å². The Balaban J connectivity index is 1.54. The molecule has 0 bridgehead atoms. The minimum atomic E-state index is 0.910. The largest absolute Gasteiger partial charge is 0.316 e. The predicted molar refractivity (Wildman–Crippen MR) is 69.6 cm³/mol. The zero-order valence-electron chi connectivity index (χ0n) is 11.0. The summed E-state index contributed by atoms with van der Waals surface area (Å²) in [5.74, 6) is 2.86. The molecular formula is C14H28N2. The molecule has 0 radical (unpaired) electrons. The maximum atomic E-state index is 3.71.